The van der Waals surface area contributed by atoms with Crippen LogP contribution in [-0.2, 0) is 11.2 Å². The zero-order chi connectivity index (χ0) is 22.0. The topological polar surface area (TPSA) is 128 Å². The van der Waals surface area contributed by atoms with Gasteiger partial charge in [-0.15, -0.1) is 0 Å². The van der Waals surface area contributed by atoms with E-state index < -0.39 is 37.3 Å². The Bertz CT molecular complexity index is 998. The molecule has 4 N–H and O–H groups in total. The number of ether oxygens (including phenoxy) is 2. The average molecular weight is 432 g/mol. The van der Waals surface area contributed by atoms with Gasteiger partial charge in [-0.3, -0.25) is 0 Å². The first kappa shape index (κ1) is 22.4. The van der Waals surface area contributed by atoms with E-state index in [1.165, 1.54) is 4.57 Å². The van der Waals surface area contributed by atoms with Crippen molar-refractivity contribution in [2.24, 2.45) is 0 Å². The molecule has 0 unspecified atom stereocenters. The lowest BCUT2D eigenvalue weighted by molar-refractivity contribution is -0.252. The van der Waals surface area contributed by atoms with E-state index in [-0.39, 0.29) is 10.2 Å². The van der Waals surface area contributed by atoms with Crippen LogP contribution < -0.4 is 4.74 Å². The van der Waals surface area contributed by atoms with E-state index in [9.17, 15) is 25.7 Å². The molecular weight excluding hydrogens is 408 g/mol. The summed E-state index contributed by atoms with van der Waals surface area (Å²) in [7, 11) is 1.57. The van der Waals surface area contributed by atoms with Gasteiger partial charge < -0.3 is 34.5 Å². The molecule has 1 saturated heterocycles. The molecule has 0 spiro atoms. The lowest BCUT2D eigenvalue weighted by Gasteiger charge is -2.41. The molecule has 1 aliphatic heterocycles. The summed E-state index contributed by atoms with van der Waals surface area (Å²) in [4.78, 5) is 0. The molecule has 2 heterocycles. The Morgan fingerprint density at radius 2 is 1.83 bits per heavy atom. The van der Waals surface area contributed by atoms with Crippen LogP contribution >= 0.6 is 12.2 Å². The second kappa shape index (κ2) is 9.22. The molecule has 0 saturated carbocycles. The number of hydrogen-bond acceptors (Lipinski definition) is 8. The number of aromatic nitrogens is 1. The lowest BCUT2D eigenvalue weighted by atomic mass is 9.96. The van der Waals surface area contributed by atoms with Gasteiger partial charge in [0.05, 0.1) is 19.3 Å². The third-order valence-electron chi connectivity index (χ3n) is 5.32. The molecular formula is C21H24N2O6S. The summed E-state index contributed by atoms with van der Waals surface area (Å²) in [5.41, 5.74) is 2.27. The first-order chi connectivity index (χ1) is 14.4. The number of aliphatic hydroxyl groups is 4. The van der Waals surface area contributed by atoms with Crippen molar-refractivity contribution in [3.8, 4) is 22.9 Å². The van der Waals surface area contributed by atoms with Crippen molar-refractivity contribution in [3.05, 3.63) is 46.2 Å². The van der Waals surface area contributed by atoms with Gasteiger partial charge in [0.15, 0.2) is 6.23 Å². The maximum Gasteiger partial charge on any atom is 0.164 e. The number of aryl methyl sites for hydroxylation is 1. The Morgan fingerprint density at radius 3 is 2.37 bits per heavy atom. The third kappa shape index (κ3) is 3.86. The fraction of sp³-hybridized carbons (Fsp3) is 0.429. The maximum atomic E-state index is 10.5. The monoisotopic (exact) mass is 432 g/mol. The van der Waals surface area contributed by atoms with Gasteiger partial charge in [0, 0.05) is 11.3 Å². The first-order valence-corrected chi connectivity index (χ1v) is 9.92. The molecule has 0 bridgehead atoms. The molecule has 1 aliphatic rings. The van der Waals surface area contributed by atoms with Crippen LogP contribution in [0.2, 0.25) is 0 Å². The molecule has 0 radical (unpaired) electrons. The first-order valence-electron chi connectivity index (χ1n) is 9.51. The minimum absolute atomic E-state index is 0.131. The smallest absolute Gasteiger partial charge is 0.164 e. The molecule has 5 atom stereocenters. The van der Waals surface area contributed by atoms with Crippen LogP contribution in [0.15, 0.2) is 30.3 Å². The van der Waals surface area contributed by atoms with E-state index in [0.29, 0.717) is 23.4 Å². The highest BCUT2D eigenvalue weighted by atomic mass is 32.1. The van der Waals surface area contributed by atoms with E-state index >= 15 is 0 Å². The maximum absolute atomic E-state index is 10.5. The number of hydrogen-bond donors (Lipinski definition) is 4. The molecule has 2 aromatic rings. The van der Waals surface area contributed by atoms with Crippen molar-refractivity contribution in [3.63, 3.8) is 0 Å². The van der Waals surface area contributed by atoms with E-state index in [4.69, 9.17) is 21.7 Å². The van der Waals surface area contributed by atoms with Gasteiger partial charge in [-0.2, -0.15) is 5.26 Å². The largest absolute Gasteiger partial charge is 0.497 e. The molecule has 0 amide bonds. The summed E-state index contributed by atoms with van der Waals surface area (Å²) in [5, 5.41) is 50.1. The van der Waals surface area contributed by atoms with Crippen molar-refractivity contribution in [1.29, 1.82) is 5.26 Å². The van der Waals surface area contributed by atoms with Gasteiger partial charge in [-0.1, -0.05) is 31.3 Å². The van der Waals surface area contributed by atoms with E-state index in [2.05, 4.69) is 6.07 Å². The predicted molar refractivity (Wildman–Crippen MR) is 110 cm³/mol. The van der Waals surface area contributed by atoms with Crippen molar-refractivity contribution < 1.29 is 29.9 Å². The van der Waals surface area contributed by atoms with Gasteiger partial charge in [0.1, 0.15) is 40.9 Å². The highest BCUT2D eigenvalue weighted by Gasteiger charge is 2.44. The number of methoxy groups -OCH3 is 1. The van der Waals surface area contributed by atoms with Crippen LogP contribution in [0.1, 0.15) is 24.4 Å². The zero-order valence-electron chi connectivity index (χ0n) is 16.6. The highest BCUT2D eigenvalue weighted by molar-refractivity contribution is 7.71. The molecule has 1 aromatic heterocycles. The van der Waals surface area contributed by atoms with Crippen molar-refractivity contribution in [1.82, 2.24) is 4.57 Å². The SMILES string of the molecule is CCc1cc(-c2ccc(OC)cc2)c(C#N)c(=S)n1[C@@H]1O[C@H](CO)[C@@H](O)[C@H](O)[C@H]1O. The summed E-state index contributed by atoms with van der Waals surface area (Å²) in [6, 6.07) is 11.1. The molecule has 30 heavy (non-hydrogen) atoms. The fourth-order valence-electron chi connectivity index (χ4n) is 3.63. The van der Waals surface area contributed by atoms with Gasteiger partial charge in [-0.25, -0.2) is 0 Å². The van der Waals surface area contributed by atoms with E-state index in [0.717, 1.165) is 5.56 Å². The van der Waals surface area contributed by atoms with Crippen LogP contribution in [0.5, 0.6) is 5.75 Å². The van der Waals surface area contributed by atoms with Crippen LogP contribution in [0, 0.1) is 16.0 Å². The second-order valence-electron chi connectivity index (χ2n) is 7.01. The Kier molecular flexibility index (Phi) is 6.88. The van der Waals surface area contributed by atoms with E-state index in [1.807, 2.05) is 19.1 Å². The summed E-state index contributed by atoms with van der Waals surface area (Å²) < 4.78 is 12.5. The van der Waals surface area contributed by atoms with Crippen molar-refractivity contribution >= 4 is 12.2 Å². The van der Waals surface area contributed by atoms with Crippen LogP contribution in [0.4, 0.5) is 0 Å². The predicted octanol–water partition coefficient (Wildman–Crippen LogP) is 1.30. The molecule has 8 nitrogen and oxygen atoms in total. The van der Waals surface area contributed by atoms with Gasteiger partial charge in [0.2, 0.25) is 0 Å². The number of benzene rings is 1. The number of nitriles is 1. The number of rotatable bonds is 5. The Hall–Kier alpha value is -2.32. The lowest BCUT2D eigenvalue weighted by Crippen LogP contribution is -2.56. The fourth-order valence-corrected chi connectivity index (χ4v) is 4.00. The summed E-state index contributed by atoms with van der Waals surface area (Å²) in [6.45, 7) is 1.33. The molecule has 0 aliphatic carbocycles. The summed E-state index contributed by atoms with van der Waals surface area (Å²) >= 11 is 5.58. The number of nitrogens with zero attached hydrogens (tertiary/aromatic N) is 2. The molecule has 3 rings (SSSR count). The second-order valence-corrected chi connectivity index (χ2v) is 7.40. The minimum atomic E-state index is -1.54. The Labute approximate surface area is 179 Å². The summed E-state index contributed by atoms with van der Waals surface area (Å²) in [6.07, 6.45) is -6.27. The van der Waals surface area contributed by atoms with Crippen molar-refractivity contribution in [2.45, 2.75) is 44.0 Å². The van der Waals surface area contributed by atoms with Crippen molar-refractivity contribution in [2.75, 3.05) is 13.7 Å². The molecule has 160 valence electrons. The Balaban J connectivity index is 2.17. The molecule has 9 heteroatoms. The average Bonchev–Trinajstić information content (AvgIpc) is 2.77. The standard InChI is InChI=1S/C21H24N2O6S/c1-3-12-8-14(11-4-6-13(28-2)7-5-11)15(9-22)21(30)23(12)20-19(27)18(26)17(25)16(10-24)29-20/h4-8,16-20,24-27H,3,10H2,1-2H3/t16-,17-,18+,19-,20-/m1/s1. The van der Waals surface area contributed by atoms with Crippen LogP contribution in [-0.4, -0.2) is 63.1 Å². The van der Waals surface area contributed by atoms with Gasteiger partial charge >= 0.3 is 0 Å². The number of pyridine rings is 1. The molecule has 1 fully saturated rings. The minimum Gasteiger partial charge on any atom is -0.497 e. The molecule has 1 aromatic carbocycles. The van der Waals surface area contributed by atoms with Gasteiger partial charge in [0.25, 0.3) is 0 Å². The van der Waals surface area contributed by atoms with Crippen LogP contribution in [0.3, 0.4) is 0 Å². The highest BCUT2D eigenvalue weighted by Crippen LogP contribution is 2.34. The quantitative estimate of drug-likeness (QED) is 0.521. The Morgan fingerprint density at radius 1 is 1.17 bits per heavy atom. The normalized spacial score (nSPS) is 26.2. The zero-order valence-corrected chi connectivity index (χ0v) is 17.4. The van der Waals surface area contributed by atoms with Crippen LogP contribution in [0.25, 0.3) is 11.1 Å². The number of aliphatic hydroxyl groups excluding tert-OH is 4. The third-order valence-corrected chi connectivity index (χ3v) is 5.72. The summed E-state index contributed by atoms with van der Waals surface area (Å²) in [5.74, 6) is 0.680. The van der Waals surface area contributed by atoms with Gasteiger partial charge in [-0.05, 0) is 30.2 Å². The van der Waals surface area contributed by atoms with E-state index in [1.54, 1.807) is 25.3 Å².